The fourth-order valence-electron chi connectivity index (χ4n) is 3.19. The number of rotatable bonds is 8. The summed E-state index contributed by atoms with van der Waals surface area (Å²) in [6, 6.07) is 23.8. The molecule has 2 nitrogen and oxygen atoms in total. The highest BCUT2D eigenvalue weighted by atomic mass is 16.5. The van der Waals surface area contributed by atoms with Gasteiger partial charge in [0.05, 0.1) is 5.56 Å². The van der Waals surface area contributed by atoms with E-state index in [1.165, 1.54) is 36.8 Å². The van der Waals surface area contributed by atoms with Gasteiger partial charge in [-0.05, 0) is 60.7 Å². The van der Waals surface area contributed by atoms with Crippen LogP contribution in [0.2, 0.25) is 0 Å². The molecular weight excluding hydrogens is 344 g/mol. The van der Waals surface area contributed by atoms with Crippen LogP contribution in [-0.2, 0) is 6.42 Å². The Morgan fingerprint density at radius 2 is 1.36 bits per heavy atom. The number of hydrogen-bond donors (Lipinski definition) is 0. The zero-order valence-corrected chi connectivity index (χ0v) is 16.8. The van der Waals surface area contributed by atoms with Crippen molar-refractivity contribution in [1.82, 2.24) is 0 Å². The minimum absolute atomic E-state index is 0.328. The van der Waals surface area contributed by atoms with E-state index in [2.05, 4.69) is 50.2 Å². The Hall–Kier alpha value is -2.87. The molecule has 0 saturated heterocycles. The van der Waals surface area contributed by atoms with Gasteiger partial charge in [0.2, 0.25) is 0 Å². The zero-order chi connectivity index (χ0) is 19.8. The lowest BCUT2D eigenvalue weighted by molar-refractivity contribution is 0.0735. The molecule has 0 aliphatic heterocycles. The summed E-state index contributed by atoms with van der Waals surface area (Å²) in [5.74, 6) is 0.260. The van der Waals surface area contributed by atoms with Crippen molar-refractivity contribution in [2.24, 2.45) is 0 Å². The molecule has 0 aromatic heterocycles. The molecule has 3 aromatic carbocycles. The maximum absolute atomic E-state index is 12.4. The van der Waals surface area contributed by atoms with Crippen molar-refractivity contribution in [3.63, 3.8) is 0 Å². The summed E-state index contributed by atoms with van der Waals surface area (Å²) in [5.41, 5.74) is 5.30. The zero-order valence-electron chi connectivity index (χ0n) is 16.8. The maximum Gasteiger partial charge on any atom is 0.343 e. The van der Waals surface area contributed by atoms with Crippen LogP contribution in [0.4, 0.5) is 0 Å². The van der Waals surface area contributed by atoms with Gasteiger partial charge in [0.25, 0.3) is 0 Å². The topological polar surface area (TPSA) is 26.3 Å². The summed E-state index contributed by atoms with van der Waals surface area (Å²) in [6.45, 7) is 4.29. The van der Waals surface area contributed by atoms with Crippen molar-refractivity contribution in [2.75, 3.05) is 0 Å². The fraction of sp³-hybridized carbons (Fsp3) is 0.269. The van der Waals surface area contributed by atoms with Gasteiger partial charge in [-0.15, -0.1) is 0 Å². The molecule has 0 aliphatic rings. The van der Waals surface area contributed by atoms with E-state index < -0.39 is 0 Å². The summed E-state index contributed by atoms with van der Waals surface area (Å²) in [6.07, 6.45) is 6.10. The predicted molar refractivity (Wildman–Crippen MR) is 116 cm³/mol. The average molecular weight is 373 g/mol. The SMILES string of the molecule is CCCCCCc1ccc(OC(=O)c2ccc(-c3ccc(C)cc3)cc2)cc1. The highest BCUT2D eigenvalue weighted by Gasteiger charge is 2.09. The molecule has 0 radical (unpaired) electrons. The number of hydrogen-bond acceptors (Lipinski definition) is 2. The second-order valence-electron chi connectivity index (χ2n) is 7.29. The van der Waals surface area contributed by atoms with Crippen molar-refractivity contribution in [2.45, 2.75) is 46.0 Å². The van der Waals surface area contributed by atoms with Crippen LogP contribution in [0.3, 0.4) is 0 Å². The van der Waals surface area contributed by atoms with Crippen molar-refractivity contribution < 1.29 is 9.53 Å². The van der Waals surface area contributed by atoms with E-state index in [4.69, 9.17) is 4.74 Å². The molecule has 0 saturated carbocycles. The lowest BCUT2D eigenvalue weighted by Crippen LogP contribution is -2.08. The molecule has 0 fully saturated rings. The smallest absolute Gasteiger partial charge is 0.343 e. The molecule has 2 heteroatoms. The summed E-state index contributed by atoms with van der Waals surface area (Å²) in [7, 11) is 0. The number of carbonyl (C=O) groups excluding carboxylic acids is 1. The summed E-state index contributed by atoms with van der Waals surface area (Å²) >= 11 is 0. The molecule has 3 rings (SSSR count). The van der Waals surface area contributed by atoms with Crippen LogP contribution in [0.15, 0.2) is 72.8 Å². The Labute approximate surface area is 168 Å². The Balaban J connectivity index is 1.57. The molecule has 0 N–H and O–H groups in total. The van der Waals surface area contributed by atoms with E-state index in [1.54, 1.807) is 0 Å². The minimum atomic E-state index is -0.328. The maximum atomic E-state index is 12.4. The molecule has 0 heterocycles. The van der Waals surface area contributed by atoms with Gasteiger partial charge in [-0.25, -0.2) is 4.79 Å². The first-order chi connectivity index (χ1) is 13.7. The molecule has 3 aromatic rings. The number of ether oxygens (including phenoxy) is 1. The van der Waals surface area contributed by atoms with Gasteiger partial charge in [-0.3, -0.25) is 0 Å². The standard InChI is InChI=1S/C26H28O2/c1-3-4-5-6-7-21-10-18-25(19-11-21)28-26(27)24-16-14-23(15-17-24)22-12-8-20(2)9-13-22/h8-19H,3-7H2,1-2H3. The Kier molecular flexibility index (Phi) is 7.02. The van der Waals surface area contributed by atoms with Crippen LogP contribution in [0.1, 0.15) is 54.1 Å². The highest BCUT2D eigenvalue weighted by Crippen LogP contribution is 2.21. The highest BCUT2D eigenvalue weighted by molar-refractivity contribution is 5.91. The molecule has 0 amide bonds. The molecule has 0 atom stereocenters. The first kappa shape index (κ1) is 19.9. The first-order valence-corrected chi connectivity index (χ1v) is 10.1. The van der Waals surface area contributed by atoms with Gasteiger partial charge in [-0.1, -0.05) is 80.3 Å². The van der Waals surface area contributed by atoms with Crippen molar-refractivity contribution in [1.29, 1.82) is 0 Å². The second kappa shape index (κ2) is 9.89. The monoisotopic (exact) mass is 372 g/mol. The first-order valence-electron chi connectivity index (χ1n) is 10.1. The van der Waals surface area contributed by atoms with Crippen molar-refractivity contribution in [3.05, 3.63) is 89.5 Å². The van der Waals surface area contributed by atoms with Gasteiger partial charge >= 0.3 is 5.97 Å². The van der Waals surface area contributed by atoms with Gasteiger partial charge in [0, 0.05) is 0 Å². The van der Waals surface area contributed by atoms with E-state index in [-0.39, 0.29) is 5.97 Å². The minimum Gasteiger partial charge on any atom is -0.423 e. The third kappa shape index (κ3) is 5.56. The van der Waals surface area contributed by atoms with Crippen LogP contribution < -0.4 is 4.74 Å². The number of benzene rings is 3. The number of carbonyl (C=O) groups is 1. The van der Waals surface area contributed by atoms with Crippen LogP contribution in [-0.4, -0.2) is 5.97 Å². The van der Waals surface area contributed by atoms with E-state index in [0.717, 1.165) is 17.5 Å². The third-order valence-electron chi connectivity index (χ3n) is 4.96. The fourth-order valence-corrected chi connectivity index (χ4v) is 3.19. The summed E-state index contributed by atoms with van der Waals surface area (Å²) in [4.78, 5) is 12.4. The van der Waals surface area contributed by atoms with Crippen molar-refractivity contribution >= 4 is 5.97 Å². The van der Waals surface area contributed by atoms with Crippen LogP contribution in [0, 0.1) is 6.92 Å². The Morgan fingerprint density at radius 3 is 1.96 bits per heavy atom. The van der Waals surface area contributed by atoms with Crippen LogP contribution in [0.25, 0.3) is 11.1 Å². The lowest BCUT2D eigenvalue weighted by atomic mass is 10.0. The van der Waals surface area contributed by atoms with E-state index in [9.17, 15) is 4.79 Å². The van der Waals surface area contributed by atoms with E-state index in [0.29, 0.717) is 11.3 Å². The lowest BCUT2D eigenvalue weighted by Gasteiger charge is -2.07. The second-order valence-corrected chi connectivity index (χ2v) is 7.29. The molecule has 0 aliphatic carbocycles. The largest absolute Gasteiger partial charge is 0.423 e. The third-order valence-corrected chi connectivity index (χ3v) is 4.96. The quantitative estimate of drug-likeness (QED) is 0.242. The molecule has 28 heavy (non-hydrogen) atoms. The van der Waals surface area contributed by atoms with Gasteiger partial charge in [0.1, 0.15) is 5.75 Å². The average Bonchev–Trinajstić information content (AvgIpc) is 2.73. The molecular formula is C26H28O2. The predicted octanol–water partition coefficient (Wildman–Crippen LogP) is 7.00. The van der Waals surface area contributed by atoms with Crippen LogP contribution in [0.5, 0.6) is 5.75 Å². The van der Waals surface area contributed by atoms with Gasteiger partial charge in [0.15, 0.2) is 0 Å². The van der Waals surface area contributed by atoms with E-state index in [1.807, 2.05) is 36.4 Å². The van der Waals surface area contributed by atoms with Gasteiger partial charge in [-0.2, -0.15) is 0 Å². The Morgan fingerprint density at radius 1 is 0.750 bits per heavy atom. The number of aryl methyl sites for hydroxylation is 2. The van der Waals surface area contributed by atoms with Crippen molar-refractivity contribution in [3.8, 4) is 16.9 Å². The summed E-state index contributed by atoms with van der Waals surface area (Å²) < 4.78 is 5.52. The normalized spacial score (nSPS) is 10.6. The Bertz CT molecular complexity index is 875. The molecule has 0 spiro atoms. The number of esters is 1. The molecule has 0 unspecified atom stereocenters. The summed E-state index contributed by atoms with van der Waals surface area (Å²) in [5, 5.41) is 0. The molecule has 0 bridgehead atoms. The number of unbranched alkanes of at least 4 members (excludes halogenated alkanes) is 3. The van der Waals surface area contributed by atoms with E-state index >= 15 is 0 Å². The molecule has 144 valence electrons. The van der Waals surface area contributed by atoms with Crippen LogP contribution >= 0.6 is 0 Å². The van der Waals surface area contributed by atoms with Gasteiger partial charge < -0.3 is 4.74 Å².